The van der Waals surface area contributed by atoms with E-state index in [0.717, 1.165) is 0 Å². The molecule has 2 fully saturated rings. The summed E-state index contributed by atoms with van der Waals surface area (Å²) in [5, 5.41) is 0. The summed E-state index contributed by atoms with van der Waals surface area (Å²) in [6, 6.07) is 10.1. The zero-order valence-electron chi connectivity index (χ0n) is 20.4. The summed E-state index contributed by atoms with van der Waals surface area (Å²) >= 11 is 0. The number of allylic oxidation sites excluding steroid dienone is 1. The van der Waals surface area contributed by atoms with E-state index in [0.29, 0.717) is 24.8 Å². The number of methoxy groups -OCH3 is 1. The van der Waals surface area contributed by atoms with Crippen molar-refractivity contribution in [3.63, 3.8) is 0 Å². The number of cyclic esters (lactones) is 1. The number of esters is 3. The molecule has 0 unspecified atom stereocenters. The van der Waals surface area contributed by atoms with E-state index >= 15 is 0 Å². The van der Waals surface area contributed by atoms with Gasteiger partial charge in [0, 0.05) is 11.5 Å². The fraction of sp³-hybridized carbons (Fsp3) is 0.429. The van der Waals surface area contributed by atoms with Crippen molar-refractivity contribution >= 4 is 23.7 Å². The normalized spacial score (nSPS) is 33.5. The average molecular weight is 493 g/mol. The quantitative estimate of drug-likeness (QED) is 0.456. The molecular formula is C28H28O8. The van der Waals surface area contributed by atoms with E-state index in [1.165, 1.54) is 25.7 Å². The molecule has 8 nitrogen and oxygen atoms in total. The Morgan fingerprint density at radius 3 is 2.47 bits per heavy atom. The van der Waals surface area contributed by atoms with E-state index in [2.05, 4.69) is 0 Å². The molecule has 36 heavy (non-hydrogen) atoms. The number of ketones is 1. The van der Waals surface area contributed by atoms with Gasteiger partial charge in [-0.1, -0.05) is 32.0 Å². The van der Waals surface area contributed by atoms with Gasteiger partial charge in [-0.25, -0.2) is 4.79 Å². The van der Waals surface area contributed by atoms with Crippen LogP contribution in [0.1, 0.15) is 55.1 Å². The topological polar surface area (TPSA) is 109 Å². The van der Waals surface area contributed by atoms with Crippen LogP contribution in [0.15, 0.2) is 65.2 Å². The Bertz CT molecular complexity index is 1230. The van der Waals surface area contributed by atoms with Crippen LogP contribution >= 0.6 is 0 Å². The lowest BCUT2D eigenvalue weighted by molar-refractivity contribution is -0.197. The van der Waals surface area contributed by atoms with Crippen molar-refractivity contribution < 1.29 is 37.8 Å². The highest BCUT2D eigenvalue weighted by Crippen LogP contribution is 2.64. The number of carbonyl (C=O) groups excluding carboxylic acids is 4. The molecule has 0 radical (unpaired) electrons. The van der Waals surface area contributed by atoms with Crippen LogP contribution in [0.25, 0.3) is 0 Å². The maximum atomic E-state index is 14.1. The molecule has 2 heterocycles. The summed E-state index contributed by atoms with van der Waals surface area (Å²) in [4.78, 5) is 53.1. The van der Waals surface area contributed by atoms with Gasteiger partial charge in [-0.15, -0.1) is 0 Å². The van der Waals surface area contributed by atoms with E-state index in [1.54, 1.807) is 36.4 Å². The maximum absolute atomic E-state index is 14.1. The minimum atomic E-state index is -0.855. The highest BCUT2D eigenvalue weighted by atomic mass is 16.6. The maximum Gasteiger partial charge on any atom is 0.343 e. The average Bonchev–Trinajstić information content (AvgIpc) is 3.40. The number of ether oxygens (including phenoxy) is 3. The molecule has 1 aromatic heterocycles. The number of Topliss-reactive ketones (excluding diaryl/α,β-unsaturated/α-hetero) is 1. The predicted molar refractivity (Wildman–Crippen MR) is 125 cm³/mol. The second-order valence-electron chi connectivity index (χ2n) is 10.4. The molecular weight excluding hydrogens is 464 g/mol. The third kappa shape index (κ3) is 3.67. The van der Waals surface area contributed by atoms with Crippen LogP contribution in [0.4, 0.5) is 0 Å². The van der Waals surface area contributed by atoms with Crippen LogP contribution in [-0.4, -0.2) is 30.8 Å². The lowest BCUT2D eigenvalue weighted by Crippen LogP contribution is -2.61. The molecule has 1 aromatic carbocycles. The number of carbonyl (C=O) groups is 4. The molecule has 6 atom stereocenters. The molecule has 0 spiro atoms. The Morgan fingerprint density at radius 2 is 1.81 bits per heavy atom. The first-order chi connectivity index (χ1) is 17.2. The van der Waals surface area contributed by atoms with Gasteiger partial charge in [-0.05, 0) is 54.4 Å². The van der Waals surface area contributed by atoms with E-state index in [4.69, 9.17) is 18.6 Å². The second kappa shape index (κ2) is 8.76. The number of benzene rings is 1. The minimum Gasteiger partial charge on any atom is -0.472 e. The van der Waals surface area contributed by atoms with Crippen molar-refractivity contribution in [3.8, 4) is 0 Å². The van der Waals surface area contributed by atoms with Crippen molar-refractivity contribution in [2.45, 2.75) is 39.2 Å². The number of fused-ring (bicyclic) bond motifs is 3. The van der Waals surface area contributed by atoms with Gasteiger partial charge in [-0.2, -0.15) is 0 Å². The Morgan fingerprint density at radius 1 is 1.06 bits per heavy atom. The largest absolute Gasteiger partial charge is 0.472 e. The van der Waals surface area contributed by atoms with E-state index < -0.39 is 52.4 Å². The standard InChI is InChI=1S/C28H28O8/c1-27-11-9-18-26(32)36-21(17-10-12-34-15-17)14-28(18,2)23(27)22(29)20(13-19(27)25(31)33-3)35-24(30)16-7-5-4-6-8-16/h4-8,10,12-13,15,18-19,21,23H,9,11,14H2,1-3H3/t18-,19-,21-,23-,27-,28-/m0/s1. The van der Waals surface area contributed by atoms with Gasteiger partial charge in [-0.3, -0.25) is 14.4 Å². The molecule has 8 heteroatoms. The fourth-order valence-corrected chi connectivity index (χ4v) is 6.62. The van der Waals surface area contributed by atoms with Gasteiger partial charge in [0.15, 0.2) is 5.76 Å². The number of hydrogen-bond donors (Lipinski definition) is 0. The van der Waals surface area contributed by atoms with Crippen LogP contribution in [0.5, 0.6) is 0 Å². The van der Waals surface area contributed by atoms with Crippen molar-refractivity contribution in [1.29, 1.82) is 0 Å². The summed E-state index contributed by atoms with van der Waals surface area (Å²) < 4.78 is 21.7. The molecule has 1 saturated heterocycles. The van der Waals surface area contributed by atoms with Crippen molar-refractivity contribution in [1.82, 2.24) is 0 Å². The molecule has 2 aromatic rings. The smallest absolute Gasteiger partial charge is 0.343 e. The summed E-state index contributed by atoms with van der Waals surface area (Å²) in [6.45, 7) is 3.79. The van der Waals surface area contributed by atoms with Gasteiger partial charge in [0.25, 0.3) is 0 Å². The summed E-state index contributed by atoms with van der Waals surface area (Å²) in [7, 11) is 1.29. The lowest BCUT2D eigenvalue weighted by atomic mass is 9.44. The Hall–Kier alpha value is -3.68. The van der Waals surface area contributed by atoms with E-state index in [1.807, 2.05) is 13.8 Å². The zero-order chi connectivity index (χ0) is 25.7. The molecule has 0 bridgehead atoms. The van der Waals surface area contributed by atoms with Gasteiger partial charge < -0.3 is 18.6 Å². The molecule has 2 aliphatic carbocycles. The summed E-state index contributed by atoms with van der Waals surface area (Å²) in [5.74, 6) is -4.32. The zero-order valence-corrected chi connectivity index (χ0v) is 20.4. The van der Waals surface area contributed by atoms with Crippen LogP contribution in [0.3, 0.4) is 0 Å². The molecule has 3 aliphatic rings. The van der Waals surface area contributed by atoms with E-state index in [9.17, 15) is 19.2 Å². The number of hydrogen-bond acceptors (Lipinski definition) is 8. The van der Waals surface area contributed by atoms with Gasteiger partial charge in [0.1, 0.15) is 6.10 Å². The Kier molecular flexibility index (Phi) is 5.85. The molecule has 1 saturated carbocycles. The third-order valence-corrected chi connectivity index (χ3v) is 8.37. The monoisotopic (exact) mass is 492 g/mol. The van der Waals surface area contributed by atoms with Gasteiger partial charge in [0.2, 0.25) is 5.78 Å². The lowest BCUT2D eigenvalue weighted by Gasteiger charge is -2.59. The summed E-state index contributed by atoms with van der Waals surface area (Å²) in [6.07, 6.45) is 5.12. The van der Waals surface area contributed by atoms with Gasteiger partial charge in [0.05, 0.1) is 37.0 Å². The van der Waals surface area contributed by atoms with E-state index in [-0.39, 0.29) is 17.3 Å². The summed E-state index contributed by atoms with van der Waals surface area (Å²) in [5.41, 5.74) is -0.708. The fourth-order valence-electron chi connectivity index (χ4n) is 6.62. The van der Waals surface area contributed by atoms with Crippen molar-refractivity contribution in [2.24, 2.45) is 28.6 Å². The second-order valence-corrected chi connectivity index (χ2v) is 10.4. The predicted octanol–water partition coefficient (Wildman–Crippen LogP) is 4.42. The molecule has 1 aliphatic heterocycles. The first-order valence-corrected chi connectivity index (χ1v) is 12.0. The number of furan rings is 1. The SMILES string of the molecule is COC(=O)[C@@H]1C=C(OC(=O)c2ccccc2)C(=O)[C@H]2[C@@]1(C)CC[C@H]1C(=O)O[C@H](c3ccoc3)C[C@]21C. The molecule has 0 N–H and O–H groups in total. The Labute approximate surface area is 208 Å². The van der Waals surface area contributed by atoms with Crippen molar-refractivity contribution in [3.05, 3.63) is 71.9 Å². The first kappa shape index (κ1) is 24.0. The third-order valence-electron chi connectivity index (χ3n) is 8.37. The highest BCUT2D eigenvalue weighted by molar-refractivity contribution is 6.03. The Balaban J connectivity index is 1.57. The number of rotatable bonds is 4. The molecule has 5 rings (SSSR count). The van der Waals surface area contributed by atoms with Crippen LogP contribution in [0, 0.1) is 28.6 Å². The first-order valence-electron chi connectivity index (χ1n) is 12.0. The van der Waals surface area contributed by atoms with Crippen LogP contribution < -0.4 is 0 Å². The van der Waals surface area contributed by atoms with Crippen LogP contribution in [-0.2, 0) is 28.6 Å². The minimum absolute atomic E-state index is 0.192. The van der Waals surface area contributed by atoms with Crippen LogP contribution in [0.2, 0.25) is 0 Å². The van der Waals surface area contributed by atoms with Gasteiger partial charge >= 0.3 is 17.9 Å². The molecule has 188 valence electrons. The highest BCUT2D eigenvalue weighted by Gasteiger charge is 2.66. The van der Waals surface area contributed by atoms with Crippen molar-refractivity contribution in [2.75, 3.05) is 7.11 Å². The molecule has 0 amide bonds.